The topological polar surface area (TPSA) is 45.7 Å². The summed E-state index contributed by atoms with van der Waals surface area (Å²) in [7, 11) is 3.51. The largest absolute Gasteiger partial charge is 0.366 e. The Morgan fingerprint density at radius 1 is 1.50 bits per heavy atom. The number of morpholine rings is 1. The van der Waals surface area contributed by atoms with Gasteiger partial charge in [0.25, 0.3) is 5.91 Å². The molecular formula is C13H19N3O2. The van der Waals surface area contributed by atoms with Crippen LogP contribution in [0.2, 0.25) is 0 Å². The molecule has 1 atom stereocenters. The molecule has 98 valence electrons. The van der Waals surface area contributed by atoms with Crippen LogP contribution in [0.4, 0.5) is 0 Å². The maximum absolute atomic E-state index is 11.9. The summed E-state index contributed by atoms with van der Waals surface area (Å²) in [5, 5.41) is 0. The lowest BCUT2D eigenvalue weighted by Crippen LogP contribution is -2.49. The van der Waals surface area contributed by atoms with Crippen molar-refractivity contribution in [3.8, 4) is 0 Å². The van der Waals surface area contributed by atoms with Gasteiger partial charge in [0.05, 0.1) is 6.61 Å². The van der Waals surface area contributed by atoms with Gasteiger partial charge in [-0.1, -0.05) is 0 Å². The van der Waals surface area contributed by atoms with Gasteiger partial charge < -0.3 is 9.64 Å². The van der Waals surface area contributed by atoms with E-state index in [2.05, 4.69) is 9.88 Å². The van der Waals surface area contributed by atoms with Crippen LogP contribution in [-0.4, -0.2) is 60.6 Å². The fraction of sp³-hybridized carbons (Fsp3) is 0.538. The van der Waals surface area contributed by atoms with Crippen molar-refractivity contribution in [2.45, 2.75) is 12.6 Å². The molecule has 0 bridgehead atoms. The molecule has 18 heavy (non-hydrogen) atoms. The van der Waals surface area contributed by atoms with Crippen LogP contribution < -0.4 is 0 Å². The number of aromatic nitrogens is 1. The lowest BCUT2D eigenvalue weighted by molar-refractivity contribution is -0.147. The molecule has 0 radical (unpaired) electrons. The molecule has 2 heterocycles. The Morgan fingerprint density at radius 2 is 2.22 bits per heavy atom. The van der Waals surface area contributed by atoms with Gasteiger partial charge in [-0.3, -0.25) is 14.7 Å². The van der Waals surface area contributed by atoms with Gasteiger partial charge in [0.15, 0.2) is 0 Å². The molecule has 1 saturated heterocycles. The Morgan fingerprint density at radius 3 is 2.89 bits per heavy atom. The van der Waals surface area contributed by atoms with Crippen LogP contribution in [0.3, 0.4) is 0 Å². The number of likely N-dealkylation sites (N-methyl/N-ethyl adjacent to an activating group) is 1. The molecule has 1 aliphatic heterocycles. The van der Waals surface area contributed by atoms with Crippen molar-refractivity contribution in [2.75, 3.05) is 33.8 Å². The highest BCUT2D eigenvalue weighted by atomic mass is 16.5. The van der Waals surface area contributed by atoms with Crippen molar-refractivity contribution < 1.29 is 9.53 Å². The van der Waals surface area contributed by atoms with E-state index >= 15 is 0 Å². The average molecular weight is 249 g/mol. The molecule has 0 spiro atoms. The zero-order valence-electron chi connectivity index (χ0n) is 10.9. The van der Waals surface area contributed by atoms with E-state index in [1.165, 1.54) is 5.56 Å². The number of hydrogen-bond acceptors (Lipinski definition) is 4. The van der Waals surface area contributed by atoms with Crippen LogP contribution in [0.5, 0.6) is 0 Å². The summed E-state index contributed by atoms with van der Waals surface area (Å²) in [6.45, 7) is 2.96. The van der Waals surface area contributed by atoms with Gasteiger partial charge in [0.2, 0.25) is 0 Å². The number of amides is 1. The molecule has 0 aromatic carbocycles. The van der Waals surface area contributed by atoms with Gasteiger partial charge >= 0.3 is 0 Å². The van der Waals surface area contributed by atoms with Crippen LogP contribution in [-0.2, 0) is 16.1 Å². The minimum atomic E-state index is -0.337. The lowest BCUT2D eigenvalue weighted by atomic mass is 10.2. The van der Waals surface area contributed by atoms with Gasteiger partial charge in [-0.2, -0.15) is 0 Å². The summed E-state index contributed by atoms with van der Waals surface area (Å²) < 4.78 is 5.52. The number of ether oxygens (including phenoxy) is 1. The normalized spacial score (nSPS) is 20.7. The lowest BCUT2D eigenvalue weighted by Gasteiger charge is -2.33. The zero-order valence-corrected chi connectivity index (χ0v) is 10.9. The van der Waals surface area contributed by atoms with E-state index in [9.17, 15) is 4.79 Å². The molecule has 0 saturated carbocycles. The van der Waals surface area contributed by atoms with Crippen molar-refractivity contribution in [3.63, 3.8) is 0 Å². The molecule has 1 unspecified atom stereocenters. The second kappa shape index (κ2) is 5.93. The summed E-state index contributed by atoms with van der Waals surface area (Å²) >= 11 is 0. The summed E-state index contributed by atoms with van der Waals surface area (Å²) in [5.74, 6) is 0.0365. The van der Waals surface area contributed by atoms with Crippen LogP contribution in [0.1, 0.15) is 5.56 Å². The number of carbonyl (C=O) groups is 1. The van der Waals surface area contributed by atoms with Crippen molar-refractivity contribution in [2.24, 2.45) is 0 Å². The van der Waals surface area contributed by atoms with Gasteiger partial charge in [-0.05, 0) is 17.7 Å². The highest BCUT2D eigenvalue weighted by molar-refractivity contribution is 5.80. The first-order valence-electron chi connectivity index (χ1n) is 6.11. The Labute approximate surface area is 107 Å². The first-order chi connectivity index (χ1) is 8.66. The first kappa shape index (κ1) is 13.0. The zero-order chi connectivity index (χ0) is 13.0. The predicted molar refractivity (Wildman–Crippen MR) is 67.9 cm³/mol. The quantitative estimate of drug-likeness (QED) is 0.776. The number of pyridine rings is 1. The highest BCUT2D eigenvalue weighted by Crippen LogP contribution is 2.11. The highest BCUT2D eigenvalue weighted by Gasteiger charge is 2.27. The first-order valence-corrected chi connectivity index (χ1v) is 6.11. The van der Waals surface area contributed by atoms with E-state index in [1.54, 1.807) is 31.4 Å². The van der Waals surface area contributed by atoms with E-state index in [4.69, 9.17) is 4.74 Å². The maximum Gasteiger partial charge on any atom is 0.252 e. The van der Waals surface area contributed by atoms with Crippen molar-refractivity contribution in [3.05, 3.63) is 30.1 Å². The molecule has 1 amide bonds. The molecule has 0 N–H and O–H groups in total. The summed E-state index contributed by atoms with van der Waals surface area (Å²) in [6, 6.07) is 4.00. The fourth-order valence-corrected chi connectivity index (χ4v) is 2.03. The van der Waals surface area contributed by atoms with Crippen LogP contribution in [0, 0.1) is 0 Å². The molecular weight excluding hydrogens is 230 g/mol. The SMILES string of the molecule is CN(C)C(=O)C1CN(Cc2ccncc2)CCO1. The molecule has 2 rings (SSSR count). The van der Waals surface area contributed by atoms with Crippen molar-refractivity contribution in [1.82, 2.24) is 14.8 Å². The molecule has 0 aliphatic carbocycles. The van der Waals surface area contributed by atoms with Gasteiger partial charge in [0, 0.05) is 46.1 Å². The van der Waals surface area contributed by atoms with Crippen molar-refractivity contribution >= 4 is 5.91 Å². The number of carbonyl (C=O) groups excluding carboxylic acids is 1. The van der Waals surface area contributed by atoms with E-state index in [0.717, 1.165) is 13.1 Å². The third-order valence-corrected chi connectivity index (χ3v) is 3.02. The second-order valence-electron chi connectivity index (χ2n) is 4.68. The third kappa shape index (κ3) is 3.27. The van der Waals surface area contributed by atoms with Crippen LogP contribution >= 0.6 is 0 Å². The van der Waals surface area contributed by atoms with E-state index in [1.807, 2.05) is 12.1 Å². The molecule has 1 aliphatic rings. The van der Waals surface area contributed by atoms with Crippen molar-refractivity contribution in [1.29, 1.82) is 0 Å². The van der Waals surface area contributed by atoms with Crippen LogP contribution in [0.15, 0.2) is 24.5 Å². The second-order valence-corrected chi connectivity index (χ2v) is 4.68. The van der Waals surface area contributed by atoms with Gasteiger partial charge in [0.1, 0.15) is 6.10 Å². The maximum atomic E-state index is 11.9. The monoisotopic (exact) mass is 249 g/mol. The average Bonchev–Trinajstić information content (AvgIpc) is 2.39. The standard InChI is InChI=1S/C13H19N3O2/c1-15(2)13(17)12-10-16(7-8-18-12)9-11-3-5-14-6-4-11/h3-6,12H,7-10H2,1-2H3. The Bertz CT molecular complexity index is 394. The van der Waals surface area contributed by atoms with Crippen LogP contribution in [0.25, 0.3) is 0 Å². The Kier molecular flexibility index (Phi) is 4.28. The summed E-state index contributed by atoms with van der Waals surface area (Å²) in [6.07, 6.45) is 3.24. The number of rotatable bonds is 3. The molecule has 1 aromatic rings. The molecule has 5 nitrogen and oxygen atoms in total. The number of nitrogens with zero attached hydrogens (tertiary/aromatic N) is 3. The van der Waals surface area contributed by atoms with Gasteiger partial charge in [-0.15, -0.1) is 0 Å². The number of hydrogen-bond donors (Lipinski definition) is 0. The van der Waals surface area contributed by atoms with E-state index in [-0.39, 0.29) is 12.0 Å². The minimum Gasteiger partial charge on any atom is -0.366 e. The van der Waals surface area contributed by atoms with E-state index < -0.39 is 0 Å². The molecule has 1 aromatic heterocycles. The van der Waals surface area contributed by atoms with E-state index in [0.29, 0.717) is 13.2 Å². The van der Waals surface area contributed by atoms with Gasteiger partial charge in [-0.25, -0.2) is 0 Å². The minimum absolute atomic E-state index is 0.0365. The molecule has 5 heteroatoms. The smallest absolute Gasteiger partial charge is 0.252 e. The third-order valence-electron chi connectivity index (χ3n) is 3.02. The molecule has 1 fully saturated rings. The Balaban J connectivity index is 1.93. The predicted octanol–water partition coefficient (Wildman–Crippen LogP) is 0.371. The fourth-order valence-electron chi connectivity index (χ4n) is 2.03. The summed E-state index contributed by atoms with van der Waals surface area (Å²) in [4.78, 5) is 19.7. The Hall–Kier alpha value is -1.46. The summed E-state index contributed by atoms with van der Waals surface area (Å²) in [5.41, 5.74) is 1.21.